The van der Waals surface area contributed by atoms with Gasteiger partial charge >= 0.3 is 0 Å². The van der Waals surface area contributed by atoms with Crippen LogP contribution in [0.1, 0.15) is 36.9 Å². The summed E-state index contributed by atoms with van der Waals surface area (Å²) in [6, 6.07) is 9.82. The van der Waals surface area contributed by atoms with Crippen molar-refractivity contribution in [2.24, 2.45) is 0 Å². The van der Waals surface area contributed by atoms with Crippen LogP contribution >= 0.6 is 0 Å². The number of amides is 1. The molecule has 0 aliphatic carbocycles. The molecule has 1 saturated heterocycles. The number of nitrogens with zero attached hydrogens (tertiary/aromatic N) is 2. The Kier molecular flexibility index (Phi) is 7.41. The molecule has 1 aliphatic heterocycles. The number of nitrogens with one attached hydrogen (secondary N) is 1. The molecule has 3 rings (SSSR count). The molecule has 1 amide bonds. The van der Waals surface area contributed by atoms with E-state index in [0.717, 1.165) is 23.3 Å². The van der Waals surface area contributed by atoms with E-state index in [2.05, 4.69) is 11.9 Å². The van der Waals surface area contributed by atoms with Crippen LogP contribution in [0.5, 0.6) is 5.75 Å². The lowest BCUT2D eigenvalue weighted by Gasteiger charge is -2.25. The molecule has 0 unspecified atom stereocenters. The zero-order chi connectivity index (χ0) is 22.4. The maximum absolute atomic E-state index is 12.9. The molecule has 1 aromatic carbocycles. The summed E-state index contributed by atoms with van der Waals surface area (Å²) in [5.74, 6) is -0.745. The van der Waals surface area contributed by atoms with E-state index < -0.39 is 17.7 Å². The largest absolute Gasteiger partial charge is 0.507 e. The summed E-state index contributed by atoms with van der Waals surface area (Å²) >= 11 is 0. The number of carbonyl (C=O) groups excluding carboxylic acids is 2. The fraction of sp³-hybridized carbons (Fsp3) is 0.375. The van der Waals surface area contributed by atoms with Crippen molar-refractivity contribution in [1.82, 2.24) is 9.88 Å². The lowest BCUT2D eigenvalue weighted by atomic mass is 9.96. The SMILES string of the molecule is CCCCOc1ccc(C(O)=C2C(=O)C(=O)N(CC[NH+](C)C)[C@H]2c2ccncc2)cc1. The summed E-state index contributed by atoms with van der Waals surface area (Å²) in [6.45, 7) is 3.81. The number of unbranched alkanes of at least 4 members (excludes halogenated alkanes) is 1. The molecule has 1 fully saturated rings. The molecule has 2 aromatic rings. The number of quaternary nitrogens is 1. The molecular weight excluding hydrogens is 394 g/mol. The van der Waals surface area contributed by atoms with E-state index in [4.69, 9.17) is 4.74 Å². The predicted octanol–water partition coefficient (Wildman–Crippen LogP) is 1.83. The molecule has 2 N–H and O–H groups in total. The molecule has 31 heavy (non-hydrogen) atoms. The van der Waals surface area contributed by atoms with Crippen LogP contribution < -0.4 is 9.64 Å². The topological polar surface area (TPSA) is 84.2 Å². The minimum Gasteiger partial charge on any atom is -0.507 e. The van der Waals surface area contributed by atoms with E-state index in [0.29, 0.717) is 31.0 Å². The third kappa shape index (κ3) is 5.11. The quantitative estimate of drug-likeness (QED) is 0.278. The maximum atomic E-state index is 12.9. The Hall–Kier alpha value is -3.19. The van der Waals surface area contributed by atoms with Gasteiger partial charge in [0.25, 0.3) is 11.7 Å². The Morgan fingerprint density at radius 3 is 2.42 bits per heavy atom. The molecular formula is C24H30N3O4+. The van der Waals surface area contributed by atoms with Crippen molar-refractivity contribution in [2.45, 2.75) is 25.8 Å². The number of likely N-dealkylation sites (N-methyl/N-ethyl adjacent to an activating group) is 1. The van der Waals surface area contributed by atoms with Crippen molar-refractivity contribution in [2.75, 3.05) is 33.8 Å². The van der Waals surface area contributed by atoms with Crippen LogP contribution in [-0.4, -0.2) is 60.5 Å². The Balaban J connectivity index is 1.98. The standard InChI is InChI=1S/C24H29N3O4/c1-4-5-16-31-19-8-6-18(7-9-19)22(28)20-21(17-10-12-25-13-11-17)27(15-14-26(2)3)24(30)23(20)29/h6-13,21,28H,4-5,14-16H2,1-3H3/p+1/t21-/m0/s1. The molecule has 0 saturated carbocycles. The molecule has 1 atom stereocenters. The molecule has 2 heterocycles. The fourth-order valence-corrected chi connectivity index (χ4v) is 3.55. The highest BCUT2D eigenvalue weighted by Crippen LogP contribution is 2.39. The van der Waals surface area contributed by atoms with Gasteiger partial charge < -0.3 is 19.6 Å². The highest BCUT2D eigenvalue weighted by atomic mass is 16.5. The minimum absolute atomic E-state index is 0.101. The monoisotopic (exact) mass is 424 g/mol. The van der Waals surface area contributed by atoms with Crippen LogP contribution in [0, 0.1) is 0 Å². The molecule has 1 aromatic heterocycles. The van der Waals surface area contributed by atoms with E-state index in [-0.39, 0.29) is 11.3 Å². The second-order valence-electron chi connectivity index (χ2n) is 7.96. The van der Waals surface area contributed by atoms with Crippen molar-refractivity contribution in [3.05, 3.63) is 65.5 Å². The van der Waals surface area contributed by atoms with Crippen LogP contribution in [-0.2, 0) is 9.59 Å². The van der Waals surface area contributed by atoms with Gasteiger partial charge in [0, 0.05) is 18.0 Å². The van der Waals surface area contributed by atoms with Crippen LogP contribution in [0.3, 0.4) is 0 Å². The van der Waals surface area contributed by atoms with Crippen molar-refractivity contribution in [3.8, 4) is 5.75 Å². The van der Waals surface area contributed by atoms with Crippen LogP contribution in [0.15, 0.2) is 54.4 Å². The highest BCUT2D eigenvalue weighted by Gasteiger charge is 2.46. The number of likely N-dealkylation sites (tertiary alicyclic amines) is 1. The summed E-state index contributed by atoms with van der Waals surface area (Å²) in [5.41, 5.74) is 1.31. The molecule has 164 valence electrons. The lowest BCUT2D eigenvalue weighted by Crippen LogP contribution is -3.06. The number of hydrogen-bond donors (Lipinski definition) is 2. The average Bonchev–Trinajstić information content (AvgIpc) is 3.03. The van der Waals surface area contributed by atoms with Gasteiger partial charge in [0.1, 0.15) is 11.5 Å². The number of ether oxygens (including phenoxy) is 1. The fourth-order valence-electron chi connectivity index (χ4n) is 3.55. The molecule has 0 radical (unpaired) electrons. The maximum Gasteiger partial charge on any atom is 0.295 e. The van der Waals surface area contributed by atoms with Gasteiger partial charge in [-0.3, -0.25) is 14.6 Å². The van der Waals surface area contributed by atoms with Crippen molar-refractivity contribution in [3.63, 3.8) is 0 Å². The molecule has 0 bridgehead atoms. The van der Waals surface area contributed by atoms with E-state index in [1.165, 1.54) is 0 Å². The average molecular weight is 425 g/mol. The van der Waals surface area contributed by atoms with Crippen LogP contribution in [0.2, 0.25) is 0 Å². The molecule has 7 nitrogen and oxygen atoms in total. The van der Waals surface area contributed by atoms with Crippen LogP contribution in [0.25, 0.3) is 5.76 Å². The summed E-state index contributed by atoms with van der Waals surface area (Å²) < 4.78 is 5.67. The Labute approximate surface area is 183 Å². The van der Waals surface area contributed by atoms with Gasteiger partial charge in [0.2, 0.25) is 0 Å². The van der Waals surface area contributed by atoms with Crippen molar-refractivity contribution in [1.29, 1.82) is 0 Å². The number of carbonyl (C=O) groups is 2. The van der Waals surface area contributed by atoms with E-state index in [1.807, 2.05) is 14.1 Å². The molecule has 1 aliphatic rings. The van der Waals surface area contributed by atoms with Gasteiger partial charge in [-0.05, 0) is 48.4 Å². The first-order chi connectivity index (χ1) is 14.9. The number of aliphatic hydroxyl groups excluding tert-OH is 1. The Morgan fingerprint density at radius 1 is 1.13 bits per heavy atom. The first-order valence-electron chi connectivity index (χ1n) is 10.6. The van der Waals surface area contributed by atoms with Gasteiger partial charge in [0.05, 0.1) is 45.4 Å². The number of rotatable bonds is 9. The summed E-state index contributed by atoms with van der Waals surface area (Å²) in [7, 11) is 3.98. The van der Waals surface area contributed by atoms with Gasteiger partial charge in [-0.2, -0.15) is 0 Å². The van der Waals surface area contributed by atoms with E-state index in [9.17, 15) is 14.7 Å². The molecule has 7 heteroatoms. The third-order valence-corrected chi connectivity index (χ3v) is 5.31. The number of ketones is 1. The predicted molar refractivity (Wildman–Crippen MR) is 118 cm³/mol. The number of aliphatic hydroxyl groups is 1. The highest BCUT2D eigenvalue weighted by molar-refractivity contribution is 6.46. The van der Waals surface area contributed by atoms with Gasteiger partial charge in [-0.1, -0.05) is 13.3 Å². The van der Waals surface area contributed by atoms with E-state index >= 15 is 0 Å². The number of benzene rings is 1. The van der Waals surface area contributed by atoms with Gasteiger partial charge in [0.15, 0.2) is 0 Å². The van der Waals surface area contributed by atoms with Crippen molar-refractivity contribution < 1.29 is 24.3 Å². The van der Waals surface area contributed by atoms with Gasteiger partial charge in [-0.25, -0.2) is 0 Å². The minimum atomic E-state index is -0.670. The Bertz CT molecular complexity index is 939. The normalized spacial score (nSPS) is 18.1. The van der Waals surface area contributed by atoms with E-state index in [1.54, 1.807) is 53.7 Å². The second-order valence-corrected chi connectivity index (χ2v) is 7.96. The third-order valence-electron chi connectivity index (χ3n) is 5.31. The first-order valence-corrected chi connectivity index (χ1v) is 10.6. The number of aromatic nitrogens is 1. The number of Topliss-reactive ketones (excluding diaryl/α,β-unsaturated/α-hetero) is 1. The lowest BCUT2D eigenvalue weighted by molar-refractivity contribution is -0.857. The first kappa shape index (κ1) is 22.5. The second kappa shape index (κ2) is 10.2. The summed E-state index contributed by atoms with van der Waals surface area (Å²) in [6.07, 6.45) is 5.25. The van der Waals surface area contributed by atoms with Gasteiger partial charge in [-0.15, -0.1) is 0 Å². The van der Waals surface area contributed by atoms with Crippen LogP contribution in [0.4, 0.5) is 0 Å². The molecule has 0 spiro atoms. The summed E-state index contributed by atoms with van der Waals surface area (Å²) in [4.78, 5) is 32.5. The smallest absolute Gasteiger partial charge is 0.295 e. The van der Waals surface area contributed by atoms with Crippen molar-refractivity contribution >= 4 is 17.4 Å². The number of hydrogen-bond acceptors (Lipinski definition) is 5. The Morgan fingerprint density at radius 2 is 1.81 bits per heavy atom. The number of pyridine rings is 1. The zero-order valence-corrected chi connectivity index (χ0v) is 18.3. The zero-order valence-electron chi connectivity index (χ0n) is 18.3. The summed E-state index contributed by atoms with van der Waals surface area (Å²) in [5, 5.41) is 11.1.